The summed E-state index contributed by atoms with van der Waals surface area (Å²) < 4.78 is 44.4. The molecule has 0 aromatic heterocycles. The van der Waals surface area contributed by atoms with Crippen LogP contribution in [0.1, 0.15) is 24.1 Å². The molecule has 12 heteroatoms. The quantitative estimate of drug-likeness (QED) is 0.157. The Hall–Kier alpha value is -5.36. The summed E-state index contributed by atoms with van der Waals surface area (Å²) in [5.74, 6) is 0.207. The predicted octanol–water partition coefficient (Wildman–Crippen LogP) is 4.31. The van der Waals surface area contributed by atoms with E-state index in [0.717, 1.165) is 9.87 Å². The van der Waals surface area contributed by atoms with Gasteiger partial charge in [-0.15, -0.1) is 0 Å². The monoisotopic (exact) mass is 630 g/mol. The summed E-state index contributed by atoms with van der Waals surface area (Å²) in [6.07, 6.45) is 1.40. The summed E-state index contributed by atoms with van der Waals surface area (Å²) in [6.45, 7) is 1.17. The topological polar surface area (TPSA) is 136 Å². The second kappa shape index (κ2) is 15.4. The van der Waals surface area contributed by atoms with Crippen molar-refractivity contribution < 1.29 is 32.2 Å². The molecule has 0 saturated heterocycles. The van der Waals surface area contributed by atoms with Crippen LogP contribution >= 0.6 is 0 Å². The van der Waals surface area contributed by atoms with E-state index in [1.54, 1.807) is 48.5 Å². The number of rotatable bonds is 14. The normalized spacial score (nSPS) is 11.8. The van der Waals surface area contributed by atoms with Crippen molar-refractivity contribution in [2.75, 3.05) is 31.7 Å². The highest BCUT2D eigenvalue weighted by atomic mass is 32.2. The van der Waals surface area contributed by atoms with Gasteiger partial charge >= 0.3 is 0 Å². The first-order chi connectivity index (χ1) is 21.7. The number of carbonyl (C=O) groups is 2. The smallest absolute Gasteiger partial charge is 0.264 e. The van der Waals surface area contributed by atoms with E-state index in [1.165, 1.54) is 44.7 Å². The van der Waals surface area contributed by atoms with Crippen LogP contribution in [0.25, 0.3) is 0 Å². The zero-order valence-electron chi connectivity index (χ0n) is 25.0. The van der Waals surface area contributed by atoms with Crippen LogP contribution in [0.15, 0.2) is 113 Å². The van der Waals surface area contributed by atoms with Crippen molar-refractivity contribution in [3.8, 4) is 17.2 Å². The van der Waals surface area contributed by atoms with Crippen molar-refractivity contribution in [2.45, 2.75) is 17.9 Å². The molecule has 0 fully saturated rings. The van der Waals surface area contributed by atoms with Gasteiger partial charge in [0.15, 0.2) is 6.61 Å². The van der Waals surface area contributed by atoms with E-state index in [4.69, 9.17) is 14.2 Å². The Morgan fingerprint density at radius 3 is 2.13 bits per heavy atom. The number of benzene rings is 4. The molecule has 0 saturated carbocycles. The molecule has 0 heterocycles. The van der Waals surface area contributed by atoms with Crippen LogP contribution in [-0.4, -0.2) is 53.8 Å². The first-order valence-corrected chi connectivity index (χ1v) is 15.3. The largest absolute Gasteiger partial charge is 0.497 e. The summed E-state index contributed by atoms with van der Waals surface area (Å²) in [6, 6.07) is 28.6. The van der Waals surface area contributed by atoms with Crippen LogP contribution in [0.5, 0.6) is 17.2 Å². The molecule has 0 bridgehead atoms. The molecule has 2 amide bonds. The van der Waals surface area contributed by atoms with E-state index >= 15 is 0 Å². The lowest BCUT2D eigenvalue weighted by atomic mass is 10.1. The summed E-state index contributed by atoms with van der Waals surface area (Å²) in [5.41, 5.74) is 4.16. The highest BCUT2D eigenvalue weighted by molar-refractivity contribution is 7.92. The molecule has 0 aliphatic heterocycles. The van der Waals surface area contributed by atoms with Gasteiger partial charge in [-0.05, 0) is 66.6 Å². The highest BCUT2D eigenvalue weighted by Gasteiger charge is 2.29. The summed E-state index contributed by atoms with van der Waals surface area (Å²) in [7, 11) is -1.28. The molecule has 2 N–H and O–H groups in total. The standard InChI is InChI=1S/C33H34N4O7S/c1-24(26-10-6-4-7-11-26)35-33(39)23-44-27-16-14-25(15-17-27)21-34-36-32(38)22-37(45(40,41)29-12-8-5-9-13-29)30-19-18-28(42-2)20-31(30)43-3/h4-21,24H,22-23H2,1-3H3,(H,35,39)(H,36,38)/b34-21-/t24-/m1/s1. The van der Waals surface area contributed by atoms with Gasteiger partial charge in [0, 0.05) is 6.07 Å². The number of methoxy groups -OCH3 is 2. The number of hydrogen-bond donors (Lipinski definition) is 2. The number of hydrogen-bond acceptors (Lipinski definition) is 8. The number of hydrazone groups is 1. The Labute approximate surface area is 262 Å². The van der Waals surface area contributed by atoms with Gasteiger partial charge in [0.1, 0.15) is 23.8 Å². The second-order valence-corrected chi connectivity index (χ2v) is 11.6. The minimum atomic E-state index is -4.16. The van der Waals surface area contributed by atoms with E-state index in [9.17, 15) is 18.0 Å². The fourth-order valence-electron chi connectivity index (χ4n) is 4.26. The Morgan fingerprint density at radius 2 is 1.49 bits per heavy atom. The van der Waals surface area contributed by atoms with Gasteiger partial charge in [-0.25, -0.2) is 13.8 Å². The number of amides is 2. The van der Waals surface area contributed by atoms with Crippen LogP contribution in [0.3, 0.4) is 0 Å². The summed E-state index contributed by atoms with van der Waals surface area (Å²) in [5, 5.41) is 6.87. The Bertz CT molecular complexity index is 1720. The first kappa shape index (κ1) is 32.6. The van der Waals surface area contributed by atoms with Gasteiger partial charge in [0.05, 0.1) is 37.1 Å². The molecular formula is C33H34N4O7S. The zero-order chi connectivity index (χ0) is 32.2. The molecule has 0 aliphatic carbocycles. The molecule has 234 valence electrons. The van der Waals surface area contributed by atoms with Crippen molar-refractivity contribution in [1.82, 2.24) is 10.7 Å². The van der Waals surface area contributed by atoms with E-state index in [1.807, 2.05) is 37.3 Å². The third kappa shape index (κ3) is 8.83. The SMILES string of the molecule is COc1ccc(N(CC(=O)N/N=C\c2ccc(OCC(=O)N[C@H](C)c3ccccc3)cc2)S(=O)(=O)c2ccccc2)c(OC)c1. The summed E-state index contributed by atoms with van der Waals surface area (Å²) in [4.78, 5) is 25.2. The van der Waals surface area contributed by atoms with Gasteiger partial charge < -0.3 is 19.5 Å². The van der Waals surface area contributed by atoms with Crippen molar-refractivity contribution in [2.24, 2.45) is 5.10 Å². The first-order valence-electron chi connectivity index (χ1n) is 13.9. The maximum absolute atomic E-state index is 13.6. The van der Waals surface area contributed by atoms with Crippen molar-refractivity contribution in [3.63, 3.8) is 0 Å². The summed E-state index contributed by atoms with van der Waals surface area (Å²) >= 11 is 0. The van der Waals surface area contributed by atoms with Crippen LogP contribution in [0.4, 0.5) is 5.69 Å². The van der Waals surface area contributed by atoms with E-state index in [2.05, 4.69) is 15.8 Å². The predicted molar refractivity (Wildman–Crippen MR) is 171 cm³/mol. The van der Waals surface area contributed by atoms with Gasteiger partial charge in [-0.1, -0.05) is 48.5 Å². The molecule has 11 nitrogen and oxygen atoms in total. The molecule has 1 atom stereocenters. The van der Waals surface area contributed by atoms with Crippen LogP contribution in [-0.2, 0) is 19.6 Å². The van der Waals surface area contributed by atoms with Gasteiger partial charge in [-0.2, -0.15) is 5.10 Å². The number of anilines is 1. The van der Waals surface area contributed by atoms with Crippen LogP contribution in [0.2, 0.25) is 0 Å². The molecule has 45 heavy (non-hydrogen) atoms. The third-order valence-electron chi connectivity index (χ3n) is 6.60. The highest BCUT2D eigenvalue weighted by Crippen LogP contribution is 2.35. The molecule has 0 spiro atoms. The Morgan fingerprint density at radius 1 is 0.844 bits per heavy atom. The van der Waals surface area contributed by atoms with Gasteiger partial charge in [0.2, 0.25) is 0 Å². The number of ether oxygens (including phenoxy) is 3. The number of carbonyl (C=O) groups excluding carboxylic acids is 2. The lowest BCUT2D eigenvalue weighted by Gasteiger charge is -2.25. The minimum Gasteiger partial charge on any atom is -0.497 e. The van der Waals surface area contributed by atoms with E-state index in [-0.39, 0.29) is 34.9 Å². The molecule has 4 aromatic carbocycles. The molecular weight excluding hydrogens is 596 g/mol. The van der Waals surface area contributed by atoms with Crippen LogP contribution < -0.4 is 29.3 Å². The fourth-order valence-corrected chi connectivity index (χ4v) is 5.71. The maximum atomic E-state index is 13.6. The zero-order valence-corrected chi connectivity index (χ0v) is 25.9. The molecule has 0 aliphatic rings. The maximum Gasteiger partial charge on any atom is 0.264 e. The van der Waals surface area contributed by atoms with Crippen molar-refractivity contribution >= 4 is 33.7 Å². The third-order valence-corrected chi connectivity index (χ3v) is 8.38. The fraction of sp³-hybridized carbons (Fsp3) is 0.182. The molecule has 4 aromatic rings. The van der Waals surface area contributed by atoms with Gasteiger partial charge in [-0.3, -0.25) is 13.9 Å². The average molecular weight is 631 g/mol. The van der Waals surface area contributed by atoms with E-state index < -0.39 is 22.5 Å². The average Bonchev–Trinajstić information content (AvgIpc) is 3.07. The number of sulfonamides is 1. The number of nitrogens with one attached hydrogen (secondary N) is 2. The molecule has 4 rings (SSSR count). The Balaban J connectivity index is 1.37. The lowest BCUT2D eigenvalue weighted by molar-refractivity contribution is -0.123. The molecule has 0 radical (unpaired) electrons. The molecule has 0 unspecified atom stereocenters. The van der Waals surface area contributed by atoms with Crippen LogP contribution in [0, 0.1) is 0 Å². The second-order valence-electron chi connectivity index (χ2n) is 9.71. The minimum absolute atomic E-state index is 0.00432. The van der Waals surface area contributed by atoms with Crippen molar-refractivity contribution in [1.29, 1.82) is 0 Å². The van der Waals surface area contributed by atoms with Gasteiger partial charge in [0.25, 0.3) is 21.8 Å². The Kier molecular flexibility index (Phi) is 11.1. The van der Waals surface area contributed by atoms with E-state index in [0.29, 0.717) is 17.1 Å². The lowest BCUT2D eigenvalue weighted by Crippen LogP contribution is -2.39. The number of nitrogens with zero attached hydrogens (tertiary/aromatic N) is 2. The van der Waals surface area contributed by atoms with Crippen molar-refractivity contribution in [3.05, 3.63) is 114 Å².